The van der Waals surface area contributed by atoms with E-state index in [9.17, 15) is 10.1 Å². The minimum Gasteiger partial charge on any atom is -0.346 e. The maximum Gasteiger partial charge on any atom is 0.272 e. The molecule has 0 aliphatic rings. The van der Waals surface area contributed by atoms with Gasteiger partial charge in [0.2, 0.25) is 0 Å². The van der Waals surface area contributed by atoms with Gasteiger partial charge in [0, 0.05) is 22.9 Å². The Bertz CT molecular complexity index is 627. The quantitative estimate of drug-likeness (QED) is 0.526. The highest BCUT2D eigenvalue weighted by atomic mass is 32.1. The van der Waals surface area contributed by atoms with Crippen LogP contribution in [0.25, 0.3) is 0 Å². The first-order valence-electron chi connectivity index (χ1n) is 5.69. The molecule has 2 aromatic carbocycles. The van der Waals surface area contributed by atoms with Crippen molar-refractivity contribution in [1.29, 1.82) is 0 Å². The molecule has 0 aliphatic heterocycles. The standard InChI is InChI=1S/C14H12N2O2S/c1-10-9-11(7-8-13(10)16(17)18)14(19)15-12-5-3-2-4-6-12/h2-9H,1H3,(H,15,19). The van der Waals surface area contributed by atoms with E-state index in [0.29, 0.717) is 10.6 Å². The highest BCUT2D eigenvalue weighted by molar-refractivity contribution is 7.81. The Hall–Kier alpha value is -2.27. The van der Waals surface area contributed by atoms with E-state index in [0.717, 1.165) is 11.3 Å². The summed E-state index contributed by atoms with van der Waals surface area (Å²) in [5.74, 6) is 0. The fraction of sp³-hybridized carbons (Fsp3) is 0.0714. The average Bonchev–Trinajstić information content (AvgIpc) is 2.39. The van der Waals surface area contributed by atoms with E-state index >= 15 is 0 Å². The molecule has 0 saturated carbocycles. The first-order valence-corrected chi connectivity index (χ1v) is 6.10. The molecule has 0 radical (unpaired) electrons. The normalized spacial score (nSPS) is 9.95. The molecular weight excluding hydrogens is 260 g/mol. The zero-order valence-electron chi connectivity index (χ0n) is 10.3. The van der Waals surface area contributed by atoms with E-state index in [1.54, 1.807) is 19.1 Å². The van der Waals surface area contributed by atoms with Crippen LogP contribution in [0.15, 0.2) is 48.5 Å². The summed E-state index contributed by atoms with van der Waals surface area (Å²) in [6.07, 6.45) is 0. The van der Waals surface area contributed by atoms with Crippen LogP contribution in [0.1, 0.15) is 11.1 Å². The molecular formula is C14H12N2O2S. The molecule has 0 bridgehead atoms. The van der Waals surface area contributed by atoms with Crippen LogP contribution in [-0.4, -0.2) is 9.91 Å². The van der Waals surface area contributed by atoms with Crippen LogP contribution in [0, 0.1) is 17.0 Å². The molecule has 19 heavy (non-hydrogen) atoms. The van der Waals surface area contributed by atoms with Gasteiger partial charge in [-0.05, 0) is 31.2 Å². The summed E-state index contributed by atoms with van der Waals surface area (Å²) in [7, 11) is 0. The van der Waals surface area contributed by atoms with Gasteiger partial charge in [0.15, 0.2) is 0 Å². The van der Waals surface area contributed by atoms with E-state index in [4.69, 9.17) is 12.2 Å². The lowest BCUT2D eigenvalue weighted by molar-refractivity contribution is -0.385. The Morgan fingerprint density at radius 1 is 1.21 bits per heavy atom. The summed E-state index contributed by atoms with van der Waals surface area (Å²) in [6, 6.07) is 14.4. The molecule has 0 saturated heterocycles. The number of para-hydroxylation sites is 1. The Labute approximate surface area is 116 Å². The zero-order valence-corrected chi connectivity index (χ0v) is 11.1. The molecule has 0 aromatic heterocycles. The molecule has 0 unspecified atom stereocenters. The van der Waals surface area contributed by atoms with Crippen molar-refractivity contribution in [2.75, 3.05) is 5.32 Å². The molecule has 2 rings (SSSR count). The number of aryl methyl sites for hydroxylation is 1. The van der Waals surface area contributed by atoms with Crippen molar-refractivity contribution in [2.45, 2.75) is 6.92 Å². The molecule has 0 heterocycles. The third-order valence-electron chi connectivity index (χ3n) is 2.69. The van der Waals surface area contributed by atoms with Crippen LogP contribution in [0.4, 0.5) is 11.4 Å². The number of nitrogens with zero attached hydrogens (tertiary/aromatic N) is 1. The molecule has 0 atom stereocenters. The molecule has 4 nitrogen and oxygen atoms in total. The van der Waals surface area contributed by atoms with Gasteiger partial charge >= 0.3 is 0 Å². The number of anilines is 1. The number of benzene rings is 2. The van der Waals surface area contributed by atoms with Gasteiger partial charge in [-0.25, -0.2) is 0 Å². The average molecular weight is 272 g/mol. The van der Waals surface area contributed by atoms with E-state index in [2.05, 4.69) is 5.32 Å². The Balaban J connectivity index is 2.21. The maximum absolute atomic E-state index is 10.8. The van der Waals surface area contributed by atoms with Gasteiger partial charge < -0.3 is 5.32 Å². The first kappa shape index (κ1) is 13.2. The van der Waals surface area contributed by atoms with Crippen LogP contribution in [-0.2, 0) is 0 Å². The second kappa shape index (κ2) is 5.58. The van der Waals surface area contributed by atoms with Crippen molar-refractivity contribution in [3.8, 4) is 0 Å². The largest absolute Gasteiger partial charge is 0.346 e. The second-order valence-corrected chi connectivity index (χ2v) is 4.49. The molecule has 1 N–H and O–H groups in total. The van der Waals surface area contributed by atoms with E-state index in [1.807, 2.05) is 30.3 Å². The fourth-order valence-electron chi connectivity index (χ4n) is 1.73. The fourth-order valence-corrected chi connectivity index (χ4v) is 1.97. The zero-order chi connectivity index (χ0) is 13.8. The van der Waals surface area contributed by atoms with Gasteiger partial charge in [-0.3, -0.25) is 10.1 Å². The van der Waals surface area contributed by atoms with Crippen LogP contribution in [0.5, 0.6) is 0 Å². The molecule has 5 heteroatoms. The highest BCUT2D eigenvalue weighted by Gasteiger charge is 2.11. The number of nitro groups is 1. The third-order valence-corrected chi connectivity index (χ3v) is 3.03. The van der Waals surface area contributed by atoms with Gasteiger partial charge in [-0.2, -0.15) is 0 Å². The SMILES string of the molecule is Cc1cc(C(=S)Nc2ccccc2)ccc1[N+](=O)[O-]. The van der Waals surface area contributed by atoms with Crippen LogP contribution >= 0.6 is 12.2 Å². The van der Waals surface area contributed by atoms with Crippen molar-refractivity contribution in [3.05, 3.63) is 69.8 Å². The molecule has 2 aromatic rings. The summed E-state index contributed by atoms with van der Waals surface area (Å²) in [5.41, 5.74) is 2.36. The second-order valence-electron chi connectivity index (χ2n) is 4.08. The third kappa shape index (κ3) is 3.14. The predicted molar refractivity (Wildman–Crippen MR) is 79.6 cm³/mol. The van der Waals surface area contributed by atoms with Crippen molar-refractivity contribution in [1.82, 2.24) is 0 Å². The van der Waals surface area contributed by atoms with Crippen molar-refractivity contribution in [2.24, 2.45) is 0 Å². The van der Waals surface area contributed by atoms with E-state index < -0.39 is 4.92 Å². The summed E-state index contributed by atoms with van der Waals surface area (Å²) in [5, 5.41) is 13.8. The Kier molecular flexibility index (Phi) is 3.87. The topological polar surface area (TPSA) is 55.2 Å². The van der Waals surface area contributed by atoms with Crippen LogP contribution in [0.2, 0.25) is 0 Å². The Morgan fingerprint density at radius 2 is 1.89 bits per heavy atom. The molecule has 0 amide bonds. The van der Waals surface area contributed by atoms with Gasteiger partial charge in [-0.1, -0.05) is 30.4 Å². The van der Waals surface area contributed by atoms with Crippen molar-refractivity contribution < 1.29 is 4.92 Å². The smallest absolute Gasteiger partial charge is 0.272 e. The first-order chi connectivity index (χ1) is 9.08. The van der Waals surface area contributed by atoms with Gasteiger partial charge in [0.1, 0.15) is 4.99 Å². The van der Waals surface area contributed by atoms with Crippen LogP contribution < -0.4 is 5.32 Å². The summed E-state index contributed by atoms with van der Waals surface area (Å²) < 4.78 is 0. The summed E-state index contributed by atoms with van der Waals surface area (Å²) >= 11 is 5.29. The minimum atomic E-state index is -0.396. The highest BCUT2D eigenvalue weighted by Crippen LogP contribution is 2.20. The molecule has 0 fully saturated rings. The molecule has 96 valence electrons. The lowest BCUT2D eigenvalue weighted by Gasteiger charge is -2.08. The van der Waals surface area contributed by atoms with Gasteiger partial charge in [0.25, 0.3) is 5.69 Å². The summed E-state index contributed by atoms with van der Waals surface area (Å²) in [4.78, 5) is 10.9. The van der Waals surface area contributed by atoms with Gasteiger partial charge in [0.05, 0.1) is 4.92 Å². The molecule has 0 spiro atoms. The van der Waals surface area contributed by atoms with Crippen molar-refractivity contribution in [3.63, 3.8) is 0 Å². The predicted octanol–water partition coefficient (Wildman–Crippen LogP) is 3.69. The number of nitrogens with one attached hydrogen (secondary N) is 1. The van der Waals surface area contributed by atoms with E-state index in [-0.39, 0.29) is 5.69 Å². The van der Waals surface area contributed by atoms with Crippen molar-refractivity contribution >= 4 is 28.6 Å². The Morgan fingerprint density at radius 3 is 2.47 bits per heavy atom. The lowest BCUT2D eigenvalue weighted by atomic mass is 10.1. The monoisotopic (exact) mass is 272 g/mol. The number of thiocarbonyl (C=S) groups is 1. The number of rotatable bonds is 3. The molecule has 0 aliphatic carbocycles. The number of hydrogen-bond acceptors (Lipinski definition) is 3. The van der Waals surface area contributed by atoms with Gasteiger partial charge in [-0.15, -0.1) is 0 Å². The van der Waals surface area contributed by atoms with E-state index in [1.165, 1.54) is 6.07 Å². The lowest BCUT2D eigenvalue weighted by Crippen LogP contribution is -2.10. The van der Waals surface area contributed by atoms with Crippen LogP contribution in [0.3, 0.4) is 0 Å². The number of hydrogen-bond donors (Lipinski definition) is 1. The minimum absolute atomic E-state index is 0.103. The maximum atomic E-state index is 10.8. The number of nitro benzene ring substituents is 1. The summed E-state index contributed by atoms with van der Waals surface area (Å²) in [6.45, 7) is 1.70.